The van der Waals surface area contributed by atoms with Crippen molar-refractivity contribution in [1.82, 2.24) is 9.71 Å². The molecule has 1 aromatic heterocycles. The SMILES string of the molecule is C1=CNSC=C1.c1cocn1. The number of hydrogen-bond acceptors (Lipinski definition) is 4. The van der Waals surface area contributed by atoms with Crippen molar-refractivity contribution < 1.29 is 4.42 Å². The average Bonchev–Trinajstić information content (AvgIpc) is 2.64. The van der Waals surface area contributed by atoms with Crippen LogP contribution in [0.4, 0.5) is 0 Å². The molecule has 0 saturated heterocycles. The Morgan fingerprint density at radius 2 is 2.36 bits per heavy atom. The van der Waals surface area contributed by atoms with Gasteiger partial charge in [-0.1, -0.05) is 6.08 Å². The Kier molecular flexibility index (Phi) is 4.05. The molecule has 0 aromatic carbocycles. The second-order valence-corrected chi connectivity index (χ2v) is 2.34. The Labute approximate surface area is 69.3 Å². The van der Waals surface area contributed by atoms with Crippen LogP contribution in [-0.4, -0.2) is 4.98 Å². The third-order valence-electron chi connectivity index (χ3n) is 0.837. The van der Waals surface area contributed by atoms with Crippen LogP contribution < -0.4 is 4.72 Å². The summed E-state index contributed by atoms with van der Waals surface area (Å²) in [5.74, 6) is 0. The van der Waals surface area contributed by atoms with Gasteiger partial charge in [0.15, 0.2) is 6.39 Å². The topological polar surface area (TPSA) is 38.1 Å². The molecule has 11 heavy (non-hydrogen) atoms. The summed E-state index contributed by atoms with van der Waals surface area (Å²) in [6, 6.07) is 0. The molecule has 1 aliphatic rings. The number of aromatic nitrogens is 1. The smallest absolute Gasteiger partial charge is 0.180 e. The minimum Gasteiger partial charge on any atom is -0.452 e. The van der Waals surface area contributed by atoms with Crippen molar-refractivity contribution in [2.45, 2.75) is 0 Å². The van der Waals surface area contributed by atoms with E-state index in [2.05, 4.69) is 14.1 Å². The molecule has 0 atom stereocenters. The van der Waals surface area contributed by atoms with Crippen molar-refractivity contribution in [1.29, 1.82) is 0 Å². The van der Waals surface area contributed by atoms with Crippen LogP contribution in [0.2, 0.25) is 0 Å². The zero-order chi connectivity index (χ0) is 7.78. The molecule has 0 fully saturated rings. The summed E-state index contributed by atoms with van der Waals surface area (Å²) in [4.78, 5) is 3.56. The minimum absolute atomic E-state index is 1.38. The number of allylic oxidation sites excluding steroid dienone is 2. The first-order valence-electron chi connectivity index (χ1n) is 3.05. The predicted molar refractivity (Wildman–Crippen MR) is 45.5 cm³/mol. The first kappa shape index (κ1) is 7.94. The first-order chi connectivity index (χ1) is 5.50. The Morgan fingerprint density at radius 3 is 2.55 bits per heavy atom. The van der Waals surface area contributed by atoms with Gasteiger partial charge in [0.05, 0.1) is 6.20 Å². The van der Waals surface area contributed by atoms with Crippen LogP contribution >= 0.6 is 11.9 Å². The number of hydrogen-bond donors (Lipinski definition) is 1. The Morgan fingerprint density at radius 1 is 1.36 bits per heavy atom. The van der Waals surface area contributed by atoms with Crippen molar-refractivity contribution in [2.24, 2.45) is 0 Å². The Hall–Kier alpha value is -1.16. The molecular weight excluding hydrogens is 160 g/mol. The van der Waals surface area contributed by atoms with Crippen LogP contribution in [0.3, 0.4) is 0 Å². The van der Waals surface area contributed by atoms with E-state index in [9.17, 15) is 0 Å². The van der Waals surface area contributed by atoms with E-state index in [1.54, 1.807) is 18.1 Å². The predicted octanol–water partition coefficient (Wildman–Crippen LogP) is 1.94. The quantitative estimate of drug-likeness (QED) is 0.601. The highest BCUT2D eigenvalue weighted by Crippen LogP contribution is 1.98. The molecule has 1 aromatic rings. The van der Waals surface area contributed by atoms with Crippen LogP contribution in [0.5, 0.6) is 0 Å². The van der Waals surface area contributed by atoms with Crippen LogP contribution in [0.15, 0.2) is 47.0 Å². The van der Waals surface area contributed by atoms with E-state index in [-0.39, 0.29) is 0 Å². The van der Waals surface area contributed by atoms with Crippen LogP contribution in [0.1, 0.15) is 0 Å². The largest absolute Gasteiger partial charge is 0.452 e. The van der Waals surface area contributed by atoms with Gasteiger partial charge < -0.3 is 9.14 Å². The van der Waals surface area contributed by atoms with E-state index < -0.39 is 0 Å². The lowest BCUT2D eigenvalue weighted by atomic mass is 10.6. The number of nitrogens with one attached hydrogen (secondary N) is 1. The summed E-state index contributed by atoms with van der Waals surface area (Å²) >= 11 is 1.58. The van der Waals surface area contributed by atoms with Gasteiger partial charge in [0.25, 0.3) is 0 Å². The summed E-state index contributed by atoms with van der Waals surface area (Å²) in [6.07, 6.45) is 10.3. The molecule has 1 aliphatic heterocycles. The molecule has 0 bridgehead atoms. The summed E-state index contributed by atoms with van der Waals surface area (Å²) < 4.78 is 7.41. The summed E-state index contributed by atoms with van der Waals surface area (Å²) in [5, 5.41) is 1.99. The van der Waals surface area contributed by atoms with Crippen LogP contribution in [0.25, 0.3) is 0 Å². The zero-order valence-corrected chi connectivity index (χ0v) is 6.62. The normalized spacial score (nSPS) is 13.1. The molecule has 4 heteroatoms. The summed E-state index contributed by atoms with van der Waals surface area (Å²) in [5.41, 5.74) is 0. The van der Waals surface area contributed by atoms with Crippen molar-refractivity contribution in [3.8, 4) is 0 Å². The molecule has 3 nitrogen and oxygen atoms in total. The van der Waals surface area contributed by atoms with E-state index in [0.29, 0.717) is 0 Å². The van der Waals surface area contributed by atoms with Crippen LogP contribution in [-0.2, 0) is 0 Å². The Bertz CT molecular complexity index is 189. The van der Waals surface area contributed by atoms with Gasteiger partial charge in [0.1, 0.15) is 6.26 Å². The lowest BCUT2D eigenvalue weighted by molar-refractivity contribution is 0.558. The van der Waals surface area contributed by atoms with E-state index in [4.69, 9.17) is 0 Å². The van der Waals surface area contributed by atoms with E-state index in [0.717, 1.165) is 0 Å². The van der Waals surface area contributed by atoms with Gasteiger partial charge in [-0.25, -0.2) is 4.98 Å². The third-order valence-corrected chi connectivity index (χ3v) is 1.40. The molecule has 0 saturated carbocycles. The van der Waals surface area contributed by atoms with E-state index >= 15 is 0 Å². The van der Waals surface area contributed by atoms with Gasteiger partial charge in [0, 0.05) is 6.20 Å². The lowest BCUT2D eigenvalue weighted by Crippen LogP contribution is -1.88. The molecular formula is C7H8N2OS. The fourth-order valence-electron chi connectivity index (χ4n) is 0.434. The maximum absolute atomic E-state index is 4.47. The fraction of sp³-hybridized carbons (Fsp3) is 0. The van der Waals surface area contributed by atoms with Gasteiger partial charge in [-0.2, -0.15) is 0 Å². The number of oxazole rings is 1. The first-order valence-corrected chi connectivity index (χ1v) is 3.93. The maximum atomic E-state index is 4.47. The van der Waals surface area contributed by atoms with Gasteiger partial charge in [-0.3, -0.25) is 0 Å². The molecule has 0 amide bonds. The molecule has 0 aliphatic carbocycles. The summed E-state index contributed by atoms with van der Waals surface area (Å²) in [6.45, 7) is 0. The van der Waals surface area contributed by atoms with Crippen molar-refractivity contribution in [2.75, 3.05) is 0 Å². The minimum atomic E-state index is 1.38. The van der Waals surface area contributed by atoms with Crippen molar-refractivity contribution >= 4 is 11.9 Å². The van der Waals surface area contributed by atoms with Crippen molar-refractivity contribution in [3.63, 3.8) is 0 Å². The van der Waals surface area contributed by atoms with E-state index in [1.165, 1.54) is 12.7 Å². The van der Waals surface area contributed by atoms with Gasteiger partial charge in [-0.15, -0.1) is 0 Å². The van der Waals surface area contributed by atoms with Gasteiger partial charge in [-0.05, 0) is 23.4 Å². The zero-order valence-electron chi connectivity index (χ0n) is 5.81. The third kappa shape index (κ3) is 4.27. The monoisotopic (exact) mass is 168 g/mol. The second-order valence-electron chi connectivity index (χ2n) is 1.60. The number of nitrogens with zero attached hydrogens (tertiary/aromatic N) is 1. The Balaban J connectivity index is 0.000000112. The second kappa shape index (κ2) is 5.61. The molecule has 0 spiro atoms. The maximum Gasteiger partial charge on any atom is 0.180 e. The molecule has 2 rings (SSSR count). The van der Waals surface area contributed by atoms with Gasteiger partial charge >= 0.3 is 0 Å². The highest BCUT2D eigenvalue weighted by atomic mass is 32.2. The van der Waals surface area contributed by atoms with Crippen LogP contribution in [0, 0.1) is 0 Å². The van der Waals surface area contributed by atoms with Gasteiger partial charge in [0.2, 0.25) is 0 Å². The van der Waals surface area contributed by atoms with E-state index in [1.807, 2.05) is 23.8 Å². The standard InChI is InChI=1S/C4H5NS.C3H3NO/c1-2-4-6-5-3-1;1-2-5-3-4-1/h1-5H;1-3H. The molecule has 58 valence electrons. The highest BCUT2D eigenvalue weighted by Gasteiger charge is 1.74. The fourth-order valence-corrected chi connectivity index (χ4v) is 0.839. The highest BCUT2D eigenvalue weighted by molar-refractivity contribution is 8.00. The number of rotatable bonds is 0. The molecule has 0 unspecified atom stereocenters. The van der Waals surface area contributed by atoms with Crippen molar-refractivity contribution in [3.05, 3.63) is 42.6 Å². The summed E-state index contributed by atoms with van der Waals surface area (Å²) in [7, 11) is 0. The molecule has 2 heterocycles. The molecule has 1 N–H and O–H groups in total. The average molecular weight is 168 g/mol. The lowest BCUT2D eigenvalue weighted by Gasteiger charge is -1.93. The molecule has 0 radical (unpaired) electrons.